The first-order valence-electron chi connectivity index (χ1n) is 11.4. The van der Waals surface area contributed by atoms with E-state index >= 15 is 0 Å². The standard InChI is InChI=1S/C24H28N8O2/c1-15-20(16-7-11-30(12-8-16)23(33)24(2,3)34)29-22-18(14-28-32(22)21(15)25)17-5-6-19(26-13-17)31-10-4-9-27-31/h4-6,9-10,13-14,16,34H,7-8,11-12,25H2,1-3H3. The van der Waals surface area contributed by atoms with Crippen LogP contribution in [0.5, 0.6) is 0 Å². The summed E-state index contributed by atoms with van der Waals surface area (Å²) in [4.78, 5) is 23.7. The van der Waals surface area contributed by atoms with Gasteiger partial charge in [-0.05, 0) is 51.8 Å². The quantitative estimate of drug-likeness (QED) is 0.478. The number of carbonyl (C=O) groups is 1. The van der Waals surface area contributed by atoms with Gasteiger partial charge in [0.1, 0.15) is 11.4 Å². The number of aromatic nitrogens is 6. The Morgan fingerprint density at radius 2 is 1.94 bits per heavy atom. The molecular formula is C24H28N8O2. The molecule has 1 saturated heterocycles. The lowest BCUT2D eigenvalue weighted by Crippen LogP contribution is -2.48. The van der Waals surface area contributed by atoms with E-state index in [-0.39, 0.29) is 11.8 Å². The highest BCUT2D eigenvalue weighted by Crippen LogP contribution is 2.34. The van der Waals surface area contributed by atoms with Crippen molar-refractivity contribution in [3.8, 4) is 16.9 Å². The molecule has 0 unspecified atom stereocenters. The Morgan fingerprint density at radius 3 is 2.56 bits per heavy atom. The molecule has 4 aromatic rings. The van der Waals surface area contributed by atoms with Crippen LogP contribution in [0.4, 0.5) is 5.82 Å². The molecule has 0 aliphatic carbocycles. The summed E-state index contributed by atoms with van der Waals surface area (Å²) >= 11 is 0. The fourth-order valence-corrected chi connectivity index (χ4v) is 4.54. The van der Waals surface area contributed by atoms with Gasteiger partial charge < -0.3 is 15.7 Å². The van der Waals surface area contributed by atoms with Crippen LogP contribution in [0.3, 0.4) is 0 Å². The molecule has 3 N–H and O–H groups in total. The third kappa shape index (κ3) is 3.79. The second-order valence-corrected chi connectivity index (χ2v) is 9.28. The number of nitrogens with two attached hydrogens (primary N) is 1. The zero-order chi connectivity index (χ0) is 24.0. The average molecular weight is 461 g/mol. The number of nitrogen functional groups attached to an aromatic ring is 1. The van der Waals surface area contributed by atoms with Gasteiger partial charge in [0.15, 0.2) is 11.5 Å². The molecular weight excluding hydrogens is 432 g/mol. The van der Waals surface area contributed by atoms with Crippen LogP contribution in [-0.2, 0) is 4.79 Å². The largest absolute Gasteiger partial charge is 0.383 e. The van der Waals surface area contributed by atoms with Crippen LogP contribution >= 0.6 is 0 Å². The minimum absolute atomic E-state index is 0.168. The summed E-state index contributed by atoms with van der Waals surface area (Å²) in [5, 5.41) is 18.8. The Kier molecular flexibility index (Phi) is 5.32. The SMILES string of the molecule is Cc1c(C2CCN(C(=O)C(C)(C)O)CC2)nc2c(-c3ccc(-n4cccn4)nc3)cnn2c1N. The molecule has 0 saturated carbocycles. The van der Waals surface area contributed by atoms with E-state index in [9.17, 15) is 9.90 Å². The molecule has 0 aromatic carbocycles. The summed E-state index contributed by atoms with van der Waals surface area (Å²) in [5.74, 6) is 1.21. The molecule has 10 heteroatoms. The van der Waals surface area contributed by atoms with Gasteiger partial charge in [-0.3, -0.25) is 4.79 Å². The number of hydrogen-bond acceptors (Lipinski definition) is 7. The van der Waals surface area contributed by atoms with Crippen LogP contribution in [0.1, 0.15) is 43.9 Å². The fraction of sp³-hybridized carbons (Fsp3) is 0.375. The van der Waals surface area contributed by atoms with E-state index in [1.807, 2.05) is 31.3 Å². The number of nitrogens with zero attached hydrogens (tertiary/aromatic N) is 7. The maximum atomic E-state index is 12.4. The number of piperidine rings is 1. The van der Waals surface area contributed by atoms with Gasteiger partial charge in [-0.2, -0.15) is 14.7 Å². The molecule has 1 amide bonds. The van der Waals surface area contributed by atoms with Gasteiger partial charge in [0.25, 0.3) is 5.91 Å². The highest BCUT2D eigenvalue weighted by molar-refractivity contribution is 5.84. The number of hydrogen-bond donors (Lipinski definition) is 2. The lowest BCUT2D eigenvalue weighted by molar-refractivity contribution is -0.148. The molecule has 34 heavy (non-hydrogen) atoms. The van der Waals surface area contributed by atoms with Crippen molar-refractivity contribution < 1.29 is 9.90 Å². The van der Waals surface area contributed by atoms with Crippen molar-refractivity contribution in [2.24, 2.45) is 0 Å². The van der Waals surface area contributed by atoms with Crippen LogP contribution in [0.2, 0.25) is 0 Å². The second-order valence-electron chi connectivity index (χ2n) is 9.28. The molecule has 5 rings (SSSR count). The van der Waals surface area contributed by atoms with Crippen molar-refractivity contribution >= 4 is 17.4 Å². The maximum absolute atomic E-state index is 12.4. The van der Waals surface area contributed by atoms with Crippen LogP contribution in [-0.4, -0.2) is 64.0 Å². The molecule has 4 aromatic heterocycles. The van der Waals surface area contributed by atoms with Gasteiger partial charge in [-0.25, -0.2) is 14.6 Å². The van der Waals surface area contributed by atoms with Gasteiger partial charge in [0.2, 0.25) is 0 Å². The van der Waals surface area contributed by atoms with Crippen molar-refractivity contribution in [3.05, 3.63) is 54.2 Å². The average Bonchev–Trinajstić information content (AvgIpc) is 3.51. The molecule has 1 aliphatic heterocycles. The Bertz CT molecular complexity index is 1330. The molecule has 0 atom stereocenters. The maximum Gasteiger partial charge on any atom is 0.253 e. The number of aliphatic hydroxyl groups is 1. The van der Waals surface area contributed by atoms with Gasteiger partial charge in [0, 0.05) is 54.3 Å². The van der Waals surface area contributed by atoms with Crippen LogP contribution in [0.15, 0.2) is 43.0 Å². The third-order valence-corrected chi connectivity index (χ3v) is 6.46. The topological polar surface area (TPSA) is 127 Å². The lowest BCUT2D eigenvalue weighted by atomic mass is 9.90. The van der Waals surface area contributed by atoms with E-state index in [0.717, 1.165) is 41.0 Å². The molecule has 0 bridgehead atoms. The second kappa shape index (κ2) is 8.21. The number of likely N-dealkylation sites (tertiary alicyclic amines) is 1. The Labute approximate surface area is 197 Å². The number of anilines is 1. The van der Waals surface area contributed by atoms with Crippen LogP contribution < -0.4 is 5.73 Å². The number of fused-ring (bicyclic) bond motifs is 1. The highest BCUT2D eigenvalue weighted by Gasteiger charge is 2.33. The fourth-order valence-electron chi connectivity index (χ4n) is 4.54. The van der Waals surface area contributed by atoms with Crippen molar-refractivity contribution in [2.45, 2.75) is 45.1 Å². The normalized spacial score (nSPS) is 15.2. The molecule has 0 spiro atoms. The zero-order valence-corrected chi connectivity index (χ0v) is 19.5. The summed E-state index contributed by atoms with van der Waals surface area (Å²) in [7, 11) is 0. The van der Waals surface area contributed by atoms with Crippen molar-refractivity contribution in [1.82, 2.24) is 34.3 Å². The van der Waals surface area contributed by atoms with E-state index in [0.29, 0.717) is 24.6 Å². The van der Waals surface area contributed by atoms with Crippen LogP contribution in [0.25, 0.3) is 22.6 Å². The zero-order valence-electron chi connectivity index (χ0n) is 19.5. The summed E-state index contributed by atoms with van der Waals surface area (Å²) in [6.45, 7) is 6.17. The summed E-state index contributed by atoms with van der Waals surface area (Å²) in [5.41, 5.74) is 9.37. The third-order valence-electron chi connectivity index (χ3n) is 6.46. The molecule has 10 nitrogen and oxygen atoms in total. The van der Waals surface area contributed by atoms with Crippen molar-refractivity contribution in [3.63, 3.8) is 0 Å². The number of rotatable bonds is 4. The van der Waals surface area contributed by atoms with E-state index in [4.69, 9.17) is 10.7 Å². The molecule has 176 valence electrons. The summed E-state index contributed by atoms with van der Waals surface area (Å²) in [6, 6.07) is 5.72. The molecule has 0 radical (unpaired) electrons. The smallest absolute Gasteiger partial charge is 0.253 e. The van der Waals surface area contributed by atoms with E-state index in [1.54, 1.807) is 32.7 Å². The van der Waals surface area contributed by atoms with E-state index in [1.165, 1.54) is 13.8 Å². The first kappa shape index (κ1) is 22.0. The summed E-state index contributed by atoms with van der Waals surface area (Å²) in [6.07, 6.45) is 8.62. The first-order chi connectivity index (χ1) is 16.2. The first-order valence-corrected chi connectivity index (χ1v) is 11.4. The monoisotopic (exact) mass is 460 g/mol. The van der Waals surface area contributed by atoms with Gasteiger partial charge in [0.05, 0.1) is 11.9 Å². The Hall–Kier alpha value is -3.79. The van der Waals surface area contributed by atoms with Crippen molar-refractivity contribution in [1.29, 1.82) is 0 Å². The predicted octanol–water partition coefficient (Wildman–Crippen LogP) is 2.34. The molecule has 5 heterocycles. The van der Waals surface area contributed by atoms with Crippen molar-refractivity contribution in [2.75, 3.05) is 18.8 Å². The minimum atomic E-state index is -1.36. The van der Waals surface area contributed by atoms with Gasteiger partial charge in [-0.15, -0.1) is 0 Å². The molecule has 1 aliphatic rings. The van der Waals surface area contributed by atoms with Gasteiger partial charge >= 0.3 is 0 Å². The number of amides is 1. The van der Waals surface area contributed by atoms with E-state index in [2.05, 4.69) is 15.2 Å². The predicted molar refractivity (Wildman–Crippen MR) is 127 cm³/mol. The number of pyridine rings is 1. The lowest BCUT2D eigenvalue weighted by Gasteiger charge is -2.35. The number of carbonyl (C=O) groups excluding carboxylic acids is 1. The highest BCUT2D eigenvalue weighted by atomic mass is 16.3. The van der Waals surface area contributed by atoms with Crippen LogP contribution in [0, 0.1) is 6.92 Å². The Morgan fingerprint density at radius 1 is 1.18 bits per heavy atom. The summed E-state index contributed by atoms with van der Waals surface area (Å²) < 4.78 is 3.37. The van der Waals surface area contributed by atoms with Gasteiger partial charge in [-0.1, -0.05) is 0 Å². The van der Waals surface area contributed by atoms with E-state index < -0.39 is 5.60 Å². The Balaban J connectivity index is 1.45. The molecule has 1 fully saturated rings. The minimum Gasteiger partial charge on any atom is -0.383 e.